The van der Waals surface area contributed by atoms with Crippen LogP contribution in [-0.2, 0) is 10.0 Å². The van der Waals surface area contributed by atoms with Gasteiger partial charge in [-0.05, 0) is 56.3 Å². The molecule has 0 amide bonds. The van der Waals surface area contributed by atoms with E-state index in [9.17, 15) is 8.42 Å². The molecule has 0 unspecified atom stereocenters. The highest BCUT2D eigenvalue weighted by Gasteiger charge is 2.13. The number of aryl methyl sites for hydroxylation is 2. The number of nitrogens with zero attached hydrogens (tertiary/aromatic N) is 2. The van der Waals surface area contributed by atoms with Crippen molar-refractivity contribution in [1.82, 2.24) is 10.2 Å². The van der Waals surface area contributed by atoms with Crippen molar-refractivity contribution >= 4 is 15.7 Å². The summed E-state index contributed by atoms with van der Waals surface area (Å²) in [5.74, 6) is 0.912. The van der Waals surface area contributed by atoms with Crippen molar-refractivity contribution in [2.75, 3.05) is 4.72 Å². The summed E-state index contributed by atoms with van der Waals surface area (Å²) in [5.41, 5.74) is 2.25. The summed E-state index contributed by atoms with van der Waals surface area (Å²) >= 11 is 0. The highest BCUT2D eigenvalue weighted by atomic mass is 32.2. The van der Waals surface area contributed by atoms with Crippen molar-refractivity contribution in [3.05, 3.63) is 71.9 Å². The van der Waals surface area contributed by atoms with Gasteiger partial charge in [-0.3, -0.25) is 4.72 Å². The number of anilines is 1. The van der Waals surface area contributed by atoms with E-state index in [0.717, 1.165) is 11.3 Å². The second-order valence-corrected chi connectivity index (χ2v) is 7.24. The van der Waals surface area contributed by atoms with Gasteiger partial charge in [0.05, 0.1) is 10.6 Å². The van der Waals surface area contributed by atoms with Crippen molar-refractivity contribution in [1.29, 1.82) is 0 Å². The molecule has 0 bridgehead atoms. The Balaban J connectivity index is 1.71. The summed E-state index contributed by atoms with van der Waals surface area (Å²) in [7, 11) is -3.62. The summed E-state index contributed by atoms with van der Waals surface area (Å²) in [6.07, 6.45) is 0. The molecule has 128 valence electrons. The van der Waals surface area contributed by atoms with Crippen LogP contribution in [0.4, 0.5) is 5.69 Å². The molecule has 1 heterocycles. The van der Waals surface area contributed by atoms with Gasteiger partial charge in [0.2, 0.25) is 5.88 Å². The molecular weight excluding hydrogens is 338 g/mol. The van der Waals surface area contributed by atoms with Gasteiger partial charge in [0.15, 0.2) is 0 Å². The number of rotatable bonds is 5. The summed E-state index contributed by atoms with van der Waals surface area (Å²) in [6.45, 7) is 3.74. The summed E-state index contributed by atoms with van der Waals surface area (Å²) in [4.78, 5) is 0.216. The molecule has 0 fully saturated rings. The Morgan fingerprint density at radius 3 is 2.12 bits per heavy atom. The fourth-order valence-corrected chi connectivity index (χ4v) is 3.14. The molecule has 25 heavy (non-hydrogen) atoms. The predicted molar refractivity (Wildman–Crippen MR) is 95.3 cm³/mol. The van der Waals surface area contributed by atoms with E-state index in [-0.39, 0.29) is 4.90 Å². The van der Waals surface area contributed by atoms with Gasteiger partial charge in [-0.15, -0.1) is 5.10 Å². The molecule has 2 aromatic carbocycles. The zero-order valence-corrected chi connectivity index (χ0v) is 14.6. The molecule has 0 radical (unpaired) electrons. The molecular formula is C18H17N3O3S. The zero-order valence-electron chi connectivity index (χ0n) is 13.8. The smallest absolute Gasteiger partial charge is 0.261 e. The van der Waals surface area contributed by atoms with Crippen molar-refractivity contribution in [2.45, 2.75) is 18.7 Å². The Bertz CT molecular complexity index is 952. The lowest BCUT2D eigenvalue weighted by Crippen LogP contribution is -2.12. The minimum atomic E-state index is -3.62. The predicted octanol–water partition coefficient (Wildman–Crippen LogP) is 3.69. The number of hydrogen-bond donors (Lipinski definition) is 1. The molecule has 0 saturated heterocycles. The van der Waals surface area contributed by atoms with Gasteiger partial charge in [-0.1, -0.05) is 17.7 Å². The molecule has 0 atom stereocenters. The largest absolute Gasteiger partial charge is 0.438 e. The van der Waals surface area contributed by atoms with Crippen molar-refractivity contribution in [2.24, 2.45) is 0 Å². The van der Waals surface area contributed by atoms with Crippen LogP contribution in [0, 0.1) is 13.8 Å². The third-order valence-electron chi connectivity index (χ3n) is 3.43. The number of sulfonamides is 1. The quantitative estimate of drug-likeness (QED) is 0.755. The van der Waals surface area contributed by atoms with E-state index in [1.165, 1.54) is 0 Å². The fraction of sp³-hybridized carbons (Fsp3) is 0.111. The highest BCUT2D eigenvalue weighted by Crippen LogP contribution is 2.23. The Morgan fingerprint density at radius 2 is 1.52 bits per heavy atom. The standard InChI is InChI=1S/C18H17N3O3S/c1-13-3-10-17(11-4-13)25(22,23)21-15-6-8-16(9-7-15)24-18-12-5-14(2)19-20-18/h3-12,21H,1-2H3. The third kappa shape index (κ3) is 4.33. The number of aromatic nitrogens is 2. The number of nitrogens with one attached hydrogen (secondary N) is 1. The molecule has 1 aromatic heterocycles. The lowest BCUT2D eigenvalue weighted by atomic mass is 10.2. The van der Waals surface area contributed by atoms with E-state index >= 15 is 0 Å². The molecule has 0 spiro atoms. The summed E-state index contributed by atoms with van der Waals surface area (Å²) < 4.78 is 32.8. The molecule has 0 aliphatic carbocycles. The van der Waals surface area contributed by atoms with Crippen molar-refractivity contribution < 1.29 is 13.2 Å². The first kappa shape index (κ1) is 16.9. The first-order valence-electron chi connectivity index (χ1n) is 7.60. The second-order valence-electron chi connectivity index (χ2n) is 5.56. The number of ether oxygens (including phenoxy) is 1. The summed E-state index contributed by atoms with van der Waals surface area (Å²) in [5, 5.41) is 7.83. The van der Waals surface area contributed by atoms with E-state index < -0.39 is 10.0 Å². The van der Waals surface area contributed by atoms with Crippen LogP contribution in [0.5, 0.6) is 11.6 Å². The number of hydrogen-bond acceptors (Lipinski definition) is 5. The number of benzene rings is 2. The van der Waals surface area contributed by atoms with Crippen LogP contribution in [-0.4, -0.2) is 18.6 Å². The topological polar surface area (TPSA) is 81.2 Å². The Kier molecular flexibility index (Phi) is 4.67. The van der Waals surface area contributed by atoms with Gasteiger partial charge in [0.1, 0.15) is 5.75 Å². The minimum Gasteiger partial charge on any atom is -0.438 e. The maximum absolute atomic E-state index is 12.4. The highest BCUT2D eigenvalue weighted by molar-refractivity contribution is 7.92. The third-order valence-corrected chi connectivity index (χ3v) is 4.83. The average Bonchev–Trinajstić information content (AvgIpc) is 2.59. The van der Waals surface area contributed by atoms with E-state index in [0.29, 0.717) is 17.3 Å². The lowest BCUT2D eigenvalue weighted by Gasteiger charge is -2.09. The van der Waals surface area contributed by atoms with Gasteiger partial charge in [0, 0.05) is 11.8 Å². The van der Waals surface area contributed by atoms with Crippen LogP contribution >= 0.6 is 0 Å². The van der Waals surface area contributed by atoms with Gasteiger partial charge >= 0.3 is 0 Å². The molecule has 1 N–H and O–H groups in total. The SMILES string of the molecule is Cc1ccc(S(=O)(=O)Nc2ccc(Oc3ccc(C)nn3)cc2)cc1. The summed E-state index contributed by atoms with van der Waals surface area (Å²) in [6, 6.07) is 16.8. The Labute approximate surface area is 146 Å². The monoisotopic (exact) mass is 355 g/mol. The molecule has 0 saturated carbocycles. The van der Waals surface area contributed by atoms with Crippen LogP contribution in [0.1, 0.15) is 11.3 Å². The van der Waals surface area contributed by atoms with E-state index in [1.54, 1.807) is 60.7 Å². The zero-order chi connectivity index (χ0) is 17.9. The van der Waals surface area contributed by atoms with Crippen LogP contribution < -0.4 is 9.46 Å². The van der Waals surface area contributed by atoms with Crippen molar-refractivity contribution in [3.63, 3.8) is 0 Å². The van der Waals surface area contributed by atoms with Crippen LogP contribution in [0.3, 0.4) is 0 Å². The van der Waals surface area contributed by atoms with E-state index in [2.05, 4.69) is 14.9 Å². The van der Waals surface area contributed by atoms with Crippen LogP contribution in [0.2, 0.25) is 0 Å². The fourth-order valence-electron chi connectivity index (χ4n) is 2.08. The first-order chi connectivity index (χ1) is 11.9. The lowest BCUT2D eigenvalue weighted by molar-refractivity contribution is 0.454. The Morgan fingerprint density at radius 1 is 0.840 bits per heavy atom. The van der Waals surface area contributed by atoms with Gasteiger partial charge in [0.25, 0.3) is 10.0 Å². The minimum absolute atomic E-state index is 0.216. The van der Waals surface area contributed by atoms with Crippen LogP contribution in [0.15, 0.2) is 65.6 Å². The molecule has 3 aromatic rings. The first-order valence-corrected chi connectivity index (χ1v) is 9.08. The molecule has 7 heteroatoms. The van der Waals surface area contributed by atoms with Gasteiger partial charge < -0.3 is 4.74 Å². The van der Waals surface area contributed by atoms with Crippen molar-refractivity contribution in [3.8, 4) is 11.6 Å². The second kappa shape index (κ2) is 6.90. The van der Waals surface area contributed by atoms with Gasteiger partial charge in [-0.25, -0.2) is 8.42 Å². The van der Waals surface area contributed by atoms with E-state index in [1.807, 2.05) is 13.8 Å². The van der Waals surface area contributed by atoms with E-state index in [4.69, 9.17) is 4.74 Å². The Hall–Kier alpha value is -2.93. The average molecular weight is 355 g/mol. The maximum Gasteiger partial charge on any atom is 0.261 e. The molecule has 6 nitrogen and oxygen atoms in total. The maximum atomic E-state index is 12.4. The normalized spacial score (nSPS) is 11.1. The molecule has 0 aliphatic rings. The van der Waals surface area contributed by atoms with Crippen LogP contribution in [0.25, 0.3) is 0 Å². The van der Waals surface area contributed by atoms with Gasteiger partial charge in [-0.2, -0.15) is 5.10 Å². The molecule has 3 rings (SSSR count). The molecule has 0 aliphatic heterocycles.